The molecule has 0 radical (unpaired) electrons. The first-order chi connectivity index (χ1) is 9.67. The van der Waals surface area contributed by atoms with Crippen LogP contribution >= 0.6 is 0 Å². The van der Waals surface area contributed by atoms with Gasteiger partial charge >= 0.3 is 0 Å². The summed E-state index contributed by atoms with van der Waals surface area (Å²) in [6.07, 6.45) is 3.55. The van der Waals surface area contributed by atoms with E-state index in [1.54, 1.807) is 0 Å². The second-order valence-electron chi connectivity index (χ2n) is 5.42. The Morgan fingerprint density at radius 3 is 2.45 bits per heavy atom. The predicted octanol–water partition coefficient (Wildman–Crippen LogP) is 3.23. The minimum Gasteiger partial charge on any atom is -0.390 e. The Morgan fingerprint density at radius 1 is 1.20 bits per heavy atom. The topological polar surface area (TPSA) is 50.9 Å². The number of hydrogen-bond acceptors (Lipinski definition) is 3. The molecule has 0 fully saturated rings. The average Bonchev–Trinajstić information content (AvgIpc) is 2.89. The van der Waals surface area contributed by atoms with E-state index in [2.05, 4.69) is 55.3 Å². The van der Waals surface area contributed by atoms with Crippen molar-refractivity contribution in [3.05, 3.63) is 41.2 Å². The van der Waals surface area contributed by atoms with Crippen molar-refractivity contribution >= 4 is 0 Å². The van der Waals surface area contributed by atoms with Crippen molar-refractivity contribution < 1.29 is 5.11 Å². The lowest BCUT2D eigenvalue weighted by molar-refractivity contribution is 0.275. The maximum absolute atomic E-state index is 9.35. The molecule has 108 valence electrons. The molecule has 0 aliphatic rings. The second-order valence-corrected chi connectivity index (χ2v) is 5.42. The molecule has 0 spiro atoms. The monoisotopic (exact) mass is 273 g/mol. The van der Waals surface area contributed by atoms with Crippen LogP contribution < -0.4 is 0 Å². The number of benzene rings is 1. The van der Waals surface area contributed by atoms with Crippen LogP contribution in [-0.2, 0) is 13.0 Å². The van der Waals surface area contributed by atoms with Crippen LogP contribution in [0.1, 0.15) is 56.5 Å². The molecule has 4 heteroatoms. The fraction of sp³-hybridized carbons (Fsp3) is 0.500. The Kier molecular flexibility index (Phi) is 4.90. The van der Waals surface area contributed by atoms with Crippen molar-refractivity contribution in [2.75, 3.05) is 0 Å². The number of hydrogen-bond donors (Lipinski definition) is 1. The van der Waals surface area contributed by atoms with Crippen LogP contribution in [0.2, 0.25) is 0 Å². The molecule has 0 unspecified atom stereocenters. The van der Waals surface area contributed by atoms with E-state index in [0.717, 1.165) is 17.8 Å². The van der Waals surface area contributed by atoms with Gasteiger partial charge in [-0.1, -0.05) is 44.5 Å². The van der Waals surface area contributed by atoms with Crippen LogP contribution in [0, 0.1) is 0 Å². The fourth-order valence-corrected chi connectivity index (χ4v) is 2.39. The summed E-state index contributed by atoms with van der Waals surface area (Å²) in [5.74, 6) is 0.270. The molecular formula is C16H23N3O. The van der Waals surface area contributed by atoms with Crippen LogP contribution in [0.15, 0.2) is 24.3 Å². The quantitative estimate of drug-likeness (QED) is 0.879. The van der Waals surface area contributed by atoms with E-state index in [1.165, 1.54) is 18.4 Å². The van der Waals surface area contributed by atoms with Gasteiger partial charge in [0.05, 0.1) is 18.0 Å². The Hall–Kier alpha value is -1.68. The van der Waals surface area contributed by atoms with E-state index in [9.17, 15) is 5.11 Å². The lowest BCUT2D eigenvalue weighted by Gasteiger charge is -2.11. The van der Waals surface area contributed by atoms with Gasteiger partial charge in [-0.2, -0.15) is 0 Å². The first-order valence-electron chi connectivity index (χ1n) is 7.32. The summed E-state index contributed by atoms with van der Waals surface area (Å²) in [5.41, 5.74) is 3.99. The third-order valence-electron chi connectivity index (χ3n) is 3.48. The molecule has 1 aromatic carbocycles. The Labute approximate surface area is 120 Å². The molecule has 2 aromatic rings. The largest absolute Gasteiger partial charge is 0.390 e. The van der Waals surface area contributed by atoms with Crippen LogP contribution in [-0.4, -0.2) is 20.1 Å². The zero-order valence-electron chi connectivity index (χ0n) is 12.5. The van der Waals surface area contributed by atoms with Gasteiger partial charge in [0.15, 0.2) is 0 Å². The smallest absolute Gasteiger partial charge is 0.112 e. The van der Waals surface area contributed by atoms with Crippen molar-refractivity contribution in [1.29, 1.82) is 0 Å². The molecule has 0 saturated heterocycles. The second kappa shape index (κ2) is 6.66. The fourth-order valence-electron chi connectivity index (χ4n) is 2.39. The van der Waals surface area contributed by atoms with Gasteiger partial charge in [-0.05, 0) is 36.5 Å². The van der Waals surface area contributed by atoms with E-state index < -0.39 is 0 Å². The number of aliphatic hydroxyl groups is 1. The number of aryl methyl sites for hydroxylation is 1. The van der Waals surface area contributed by atoms with Gasteiger partial charge in [0, 0.05) is 0 Å². The number of aliphatic hydroxyl groups excluding tert-OH is 1. The molecule has 0 aliphatic carbocycles. The van der Waals surface area contributed by atoms with Gasteiger partial charge in [0.2, 0.25) is 0 Å². The highest BCUT2D eigenvalue weighted by atomic mass is 16.3. The highest BCUT2D eigenvalue weighted by Gasteiger charge is 2.16. The standard InChI is InChI=1S/C16H23N3O/c1-4-5-6-13-7-9-14(10-8-13)19-16(12(2)3)15(11-20)17-18-19/h7-10,12,20H,4-6,11H2,1-3H3. The summed E-state index contributed by atoms with van der Waals surface area (Å²) >= 11 is 0. The van der Waals surface area contributed by atoms with Crippen molar-refractivity contribution in [2.24, 2.45) is 0 Å². The van der Waals surface area contributed by atoms with Crippen LogP contribution in [0.5, 0.6) is 0 Å². The molecule has 0 aliphatic heterocycles. The van der Waals surface area contributed by atoms with Gasteiger partial charge in [-0.15, -0.1) is 5.10 Å². The average molecular weight is 273 g/mol. The molecule has 1 aromatic heterocycles. The number of rotatable bonds is 6. The lowest BCUT2D eigenvalue weighted by atomic mass is 10.1. The summed E-state index contributed by atoms with van der Waals surface area (Å²) in [4.78, 5) is 0. The van der Waals surface area contributed by atoms with E-state index in [0.29, 0.717) is 5.69 Å². The van der Waals surface area contributed by atoms with Gasteiger partial charge in [0.1, 0.15) is 5.69 Å². The third kappa shape index (κ3) is 3.07. The van der Waals surface area contributed by atoms with Crippen molar-refractivity contribution in [3.63, 3.8) is 0 Å². The summed E-state index contributed by atoms with van der Waals surface area (Å²) in [6, 6.07) is 8.45. The zero-order valence-corrected chi connectivity index (χ0v) is 12.5. The Balaban J connectivity index is 2.29. The van der Waals surface area contributed by atoms with Gasteiger partial charge in [-0.3, -0.25) is 0 Å². The molecule has 20 heavy (non-hydrogen) atoms. The maximum atomic E-state index is 9.35. The van der Waals surface area contributed by atoms with Crippen LogP contribution in [0.25, 0.3) is 5.69 Å². The number of aromatic nitrogens is 3. The number of nitrogens with zero attached hydrogens (tertiary/aromatic N) is 3. The van der Waals surface area contributed by atoms with Gasteiger partial charge in [0.25, 0.3) is 0 Å². The summed E-state index contributed by atoms with van der Waals surface area (Å²) in [7, 11) is 0. The highest BCUT2D eigenvalue weighted by Crippen LogP contribution is 2.21. The first-order valence-corrected chi connectivity index (χ1v) is 7.32. The Morgan fingerprint density at radius 2 is 1.90 bits per heavy atom. The van der Waals surface area contributed by atoms with E-state index in [1.807, 2.05) is 4.68 Å². The summed E-state index contributed by atoms with van der Waals surface area (Å²) in [6.45, 7) is 6.31. The minimum absolute atomic E-state index is 0.0674. The molecule has 1 heterocycles. The predicted molar refractivity (Wildman–Crippen MR) is 80.0 cm³/mol. The van der Waals surface area contributed by atoms with Crippen LogP contribution in [0.4, 0.5) is 0 Å². The van der Waals surface area contributed by atoms with E-state index in [-0.39, 0.29) is 12.5 Å². The molecule has 0 atom stereocenters. The SMILES string of the molecule is CCCCc1ccc(-n2nnc(CO)c2C(C)C)cc1. The molecule has 2 rings (SSSR count). The first kappa shape index (κ1) is 14.7. The third-order valence-corrected chi connectivity index (χ3v) is 3.48. The van der Waals surface area contributed by atoms with Crippen molar-refractivity contribution in [2.45, 2.75) is 52.6 Å². The molecule has 4 nitrogen and oxygen atoms in total. The van der Waals surface area contributed by atoms with E-state index in [4.69, 9.17) is 0 Å². The van der Waals surface area contributed by atoms with Crippen molar-refractivity contribution in [3.8, 4) is 5.69 Å². The van der Waals surface area contributed by atoms with Crippen LogP contribution in [0.3, 0.4) is 0 Å². The van der Waals surface area contributed by atoms with Gasteiger partial charge < -0.3 is 5.11 Å². The van der Waals surface area contributed by atoms with E-state index >= 15 is 0 Å². The van der Waals surface area contributed by atoms with Crippen molar-refractivity contribution in [1.82, 2.24) is 15.0 Å². The molecular weight excluding hydrogens is 250 g/mol. The zero-order chi connectivity index (χ0) is 14.5. The normalized spacial score (nSPS) is 11.2. The molecule has 0 bridgehead atoms. The molecule has 1 N–H and O–H groups in total. The highest BCUT2D eigenvalue weighted by molar-refractivity contribution is 5.36. The minimum atomic E-state index is -0.0674. The lowest BCUT2D eigenvalue weighted by Crippen LogP contribution is -2.05. The molecule has 0 saturated carbocycles. The summed E-state index contributed by atoms with van der Waals surface area (Å²) in [5, 5.41) is 17.6. The Bertz CT molecular complexity index is 543. The maximum Gasteiger partial charge on any atom is 0.112 e. The van der Waals surface area contributed by atoms with Gasteiger partial charge in [-0.25, -0.2) is 4.68 Å². The molecule has 0 amide bonds. The number of unbranched alkanes of at least 4 members (excludes halogenated alkanes) is 1. The summed E-state index contributed by atoms with van der Waals surface area (Å²) < 4.78 is 1.83.